The third kappa shape index (κ3) is 2.30. The molecule has 2 aromatic carbocycles. The fourth-order valence-electron chi connectivity index (χ4n) is 2.15. The van der Waals surface area contributed by atoms with E-state index in [2.05, 4.69) is 0 Å². The van der Waals surface area contributed by atoms with Gasteiger partial charge in [-0.2, -0.15) is 8.78 Å². The topological polar surface area (TPSA) is 26.0 Å². The monoisotopic (exact) mass is 271 g/mol. The molecule has 0 aromatic heterocycles. The molecule has 102 valence electrons. The Hall–Kier alpha value is -1.62. The molecule has 0 saturated heterocycles. The molecule has 0 radical (unpaired) electrons. The van der Waals surface area contributed by atoms with Crippen molar-refractivity contribution in [1.82, 2.24) is 0 Å². The smallest absolute Gasteiger partial charge is 0.319 e. The van der Waals surface area contributed by atoms with E-state index in [4.69, 9.17) is 5.73 Å². The summed E-state index contributed by atoms with van der Waals surface area (Å²) in [5.41, 5.74) is 5.96. The molecule has 1 nitrogen and oxygen atoms in total. The van der Waals surface area contributed by atoms with E-state index in [9.17, 15) is 17.6 Å². The van der Waals surface area contributed by atoms with Crippen molar-refractivity contribution in [1.29, 1.82) is 0 Å². The maximum Gasteiger partial charge on any atom is 0.326 e. The van der Waals surface area contributed by atoms with Crippen molar-refractivity contribution >= 4 is 10.8 Å². The molecule has 0 saturated carbocycles. The Balaban J connectivity index is 2.65. The number of hydrogen-bond acceptors (Lipinski definition) is 1. The zero-order valence-electron chi connectivity index (χ0n) is 10.2. The number of rotatable bonds is 3. The maximum atomic E-state index is 13.5. The molecule has 0 aliphatic carbocycles. The fourth-order valence-corrected chi connectivity index (χ4v) is 2.15. The van der Waals surface area contributed by atoms with E-state index in [1.807, 2.05) is 0 Å². The minimum Gasteiger partial charge on any atom is -0.319 e. The lowest BCUT2D eigenvalue weighted by molar-refractivity contribution is -0.144. The van der Waals surface area contributed by atoms with Gasteiger partial charge in [0, 0.05) is 0 Å². The second kappa shape index (κ2) is 4.81. The molecule has 19 heavy (non-hydrogen) atoms. The van der Waals surface area contributed by atoms with E-state index in [1.54, 1.807) is 43.3 Å². The standard InChI is InChI=1S/C14H13F4N/c1-8-6-7-9-4-2-3-5-10(9)11(8)12(19)14(17,18)13(15)16/h2-7,12-13H,19H2,1H3. The van der Waals surface area contributed by atoms with Crippen LogP contribution in [0.2, 0.25) is 0 Å². The van der Waals surface area contributed by atoms with E-state index in [0.717, 1.165) is 0 Å². The average molecular weight is 271 g/mol. The number of alkyl halides is 4. The van der Waals surface area contributed by atoms with Crippen molar-refractivity contribution in [2.24, 2.45) is 5.73 Å². The molecular formula is C14H13F4N. The molecule has 0 bridgehead atoms. The van der Waals surface area contributed by atoms with Gasteiger partial charge >= 0.3 is 12.3 Å². The van der Waals surface area contributed by atoms with E-state index in [-0.39, 0.29) is 5.56 Å². The van der Waals surface area contributed by atoms with Gasteiger partial charge in [-0.05, 0) is 28.8 Å². The third-order valence-corrected chi connectivity index (χ3v) is 3.21. The lowest BCUT2D eigenvalue weighted by Gasteiger charge is -2.25. The van der Waals surface area contributed by atoms with E-state index < -0.39 is 18.4 Å². The van der Waals surface area contributed by atoms with Crippen LogP contribution in [0.4, 0.5) is 17.6 Å². The van der Waals surface area contributed by atoms with Crippen molar-refractivity contribution in [3.8, 4) is 0 Å². The molecule has 2 N–H and O–H groups in total. The Morgan fingerprint density at radius 1 is 1.05 bits per heavy atom. The zero-order chi connectivity index (χ0) is 14.2. The first kappa shape index (κ1) is 13.8. The van der Waals surface area contributed by atoms with Crippen LogP contribution in [0, 0.1) is 6.92 Å². The molecule has 1 unspecified atom stereocenters. The molecule has 0 aliphatic heterocycles. The molecular weight excluding hydrogens is 258 g/mol. The second-order valence-corrected chi connectivity index (χ2v) is 4.47. The summed E-state index contributed by atoms with van der Waals surface area (Å²) in [6.45, 7) is 1.59. The largest absolute Gasteiger partial charge is 0.326 e. The highest BCUT2D eigenvalue weighted by atomic mass is 19.3. The summed E-state index contributed by atoms with van der Waals surface area (Å²) in [7, 11) is 0. The third-order valence-electron chi connectivity index (χ3n) is 3.21. The quantitative estimate of drug-likeness (QED) is 0.837. The molecule has 0 heterocycles. The van der Waals surface area contributed by atoms with Crippen LogP contribution in [0.15, 0.2) is 36.4 Å². The van der Waals surface area contributed by atoms with Gasteiger partial charge in [-0.15, -0.1) is 0 Å². The Bertz CT molecular complexity index is 595. The van der Waals surface area contributed by atoms with Crippen molar-refractivity contribution < 1.29 is 17.6 Å². The minimum atomic E-state index is -4.26. The van der Waals surface area contributed by atoms with Crippen molar-refractivity contribution in [2.75, 3.05) is 0 Å². The van der Waals surface area contributed by atoms with Crippen molar-refractivity contribution in [3.63, 3.8) is 0 Å². The second-order valence-electron chi connectivity index (χ2n) is 4.47. The lowest BCUT2D eigenvalue weighted by atomic mass is 9.91. The van der Waals surface area contributed by atoms with Crippen LogP contribution in [0.3, 0.4) is 0 Å². The lowest BCUT2D eigenvalue weighted by Crippen LogP contribution is -2.39. The Labute approximate surface area is 108 Å². The van der Waals surface area contributed by atoms with Gasteiger partial charge < -0.3 is 5.73 Å². The van der Waals surface area contributed by atoms with Crippen molar-refractivity contribution in [2.45, 2.75) is 25.3 Å². The molecule has 0 spiro atoms. The first-order valence-corrected chi connectivity index (χ1v) is 5.75. The first-order valence-electron chi connectivity index (χ1n) is 5.75. The summed E-state index contributed by atoms with van der Waals surface area (Å²) in [6, 6.07) is 8.08. The normalized spacial score (nSPS) is 14.1. The number of benzene rings is 2. The van der Waals surface area contributed by atoms with Crippen LogP contribution in [0.1, 0.15) is 17.2 Å². The zero-order valence-corrected chi connectivity index (χ0v) is 10.2. The maximum absolute atomic E-state index is 13.5. The number of aryl methyl sites for hydroxylation is 1. The molecule has 0 aliphatic rings. The van der Waals surface area contributed by atoms with E-state index in [0.29, 0.717) is 16.3 Å². The summed E-state index contributed by atoms with van der Waals surface area (Å²) in [6.07, 6.45) is -3.79. The van der Waals surface area contributed by atoms with Gasteiger partial charge in [0.1, 0.15) is 6.04 Å². The minimum absolute atomic E-state index is 0.0726. The van der Waals surface area contributed by atoms with Gasteiger partial charge in [-0.3, -0.25) is 0 Å². The van der Waals surface area contributed by atoms with Crippen LogP contribution in [-0.2, 0) is 0 Å². The number of fused-ring (bicyclic) bond motifs is 1. The summed E-state index contributed by atoms with van der Waals surface area (Å²) in [5.74, 6) is -4.26. The highest BCUT2D eigenvalue weighted by Crippen LogP contribution is 2.38. The molecule has 0 amide bonds. The summed E-state index contributed by atoms with van der Waals surface area (Å²) < 4.78 is 51.8. The van der Waals surface area contributed by atoms with Gasteiger partial charge in [0.25, 0.3) is 0 Å². The van der Waals surface area contributed by atoms with Crippen LogP contribution in [0.5, 0.6) is 0 Å². The Morgan fingerprint density at radius 2 is 1.68 bits per heavy atom. The van der Waals surface area contributed by atoms with Crippen LogP contribution in [0.25, 0.3) is 10.8 Å². The van der Waals surface area contributed by atoms with Crippen molar-refractivity contribution in [3.05, 3.63) is 47.5 Å². The van der Waals surface area contributed by atoms with Gasteiger partial charge in [0.05, 0.1) is 0 Å². The fraction of sp³-hybridized carbons (Fsp3) is 0.286. The average Bonchev–Trinajstić information content (AvgIpc) is 2.37. The van der Waals surface area contributed by atoms with Gasteiger partial charge in [0.2, 0.25) is 0 Å². The molecule has 2 rings (SSSR count). The van der Waals surface area contributed by atoms with Crippen LogP contribution < -0.4 is 5.73 Å². The Kier molecular flexibility index (Phi) is 3.49. The number of nitrogens with two attached hydrogens (primary N) is 1. The summed E-state index contributed by atoms with van der Waals surface area (Å²) in [5, 5.41) is 1.18. The summed E-state index contributed by atoms with van der Waals surface area (Å²) in [4.78, 5) is 0. The van der Waals surface area contributed by atoms with Gasteiger partial charge in [-0.1, -0.05) is 36.4 Å². The summed E-state index contributed by atoms with van der Waals surface area (Å²) >= 11 is 0. The van der Waals surface area contributed by atoms with Crippen LogP contribution >= 0.6 is 0 Å². The molecule has 2 aromatic rings. The van der Waals surface area contributed by atoms with E-state index in [1.165, 1.54) is 0 Å². The predicted octanol–water partition coefficient (Wildman–Crippen LogP) is 4.05. The first-order chi connectivity index (χ1) is 8.85. The molecule has 0 fully saturated rings. The van der Waals surface area contributed by atoms with Gasteiger partial charge in [-0.25, -0.2) is 8.78 Å². The molecule has 5 heteroatoms. The van der Waals surface area contributed by atoms with Gasteiger partial charge in [0.15, 0.2) is 0 Å². The SMILES string of the molecule is Cc1ccc2ccccc2c1C(N)C(F)(F)C(F)F. The number of hydrogen-bond donors (Lipinski definition) is 1. The number of halogens is 4. The van der Waals surface area contributed by atoms with Crippen LogP contribution in [-0.4, -0.2) is 12.3 Å². The highest BCUT2D eigenvalue weighted by Gasteiger charge is 2.48. The molecule has 1 atom stereocenters. The Morgan fingerprint density at radius 3 is 2.32 bits per heavy atom. The highest BCUT2D eigenvalue weighted by molar-refractivity contribution is 5.87. The van der Waals surface area contributed by atoms with E-state index >= 15 is 0 Å². The predicted molar refractivity (Wildman–Crippen MR) is 66.6 cm³/mol.